The van der Waals surface area contributed by atoms with Crippen LogP contribution in [0.5, 0.6) is 0 Å². The number of halogens is 1. The van der Waals surface area contributed by atoms with E-state index in [-0.39, 0.29) is 5.82 Å². The Hall–Kier alpha value is -0.800. The first-order valence-electron chi connectivity index (χ1n) is 4.25. The van der Waals surface area contributed by atoms with Gasteiger partial charge in [0.1, 0.15) is 5.82 Å². The first-order chi connectivity index (χ1) is 6.84. The summed E-state index contributed by atoms with van der Waals surface area (Å²) in [5, 5.41) is 1.54. The number of thioether (sulfide) groups is 1. The second-order valence-electron chi connectivity index (χ2n) is 2.86. The molecule has 0 N–H and O–H groups in total. The van der Waals surface area contributed by atoms with Gasteiger partial charge in [-0.25, -0.2) is 4.39 Å². The Morgan fingerprint density at radius 2 is 2.00 bits per heavy atom. The molecule has 72 valence electrons. The van der Waals surface area contributed by atoms with E-state index in [4.69, 9.17) is 0 Å². The Morgan fingerprint density at radius 1 is 1.21 bits per heavy atom. The molecule has 0 amide bonds. The monoisotopic (exact) mass is 224 g/mol. The summed E-state index contributed by atoms with van der Waals surface area (Å²) in [4.78, 5) is 0. The van der Waals surface area contributed by atoms with Crippen molar-refractivity contribution in [1.82, 2.24) is 0 Å². The van der Waals surface area contributed by atoms with E-state index in [1.165, 1.54) is 22.3 Å². The van der Waals surface area contributed by atoms with Crippen LogP contribution in [0.4, 0.5) is 4.39 Å². The SMILES string of the molecule is Fc1csc(SCc2ccccc2)c1. The number of benzene rings is 1. The Morgan fingerprint density at radius 3 is 2.64 bits per heavy atom. The summed E-state index contributed by atoms with van der Waals surface area (Å²) in [5.41, 5.74) is 1.27. The minimum Gasteiger partial charge on any atom is -0.206 e. The molecule has 0 aliphatic carbocycles. The lowest BCUT2D eigenvalue weighted by Gasteiger charge is -1.97. The van der Waals surface area contributed by atoms with Gasteiger partial charge in [0.25, 0.3) is 0 Å². The fraction of sp³-hybridized carbons (Fsp3) is 0.0909. The van der Waals surface area contributed by atoms with E-state index in [1.807, 2.05) is 18.2 Å². The van der Waals surface area contributed by atoms with Crippen molar-refractivity contribution in [2.24, 2.45) is 0 Å². The van der Waals surface area contributed by atoms with E-state index < -0.39 is 0 Å². The lowest BCUT2D eigenvalue weighted by molar-refractivity contribution is 0.631. The van der Waals surface area contributed by atoms with Gasteiger partial charge in [-0.2, -0.15) is 0 Å². The molecule has 0 radical (unpaired) electrons. The highest BCUT2D eigenvalue weighted by atomic mass is 32.2. The maximum atomic E-state index is 12.7. The number of thiophene rings is 1. The van der Waals surface area contributed by atoms with Crippen molar-refractivity contribution >= 4 is 23.1 Å². The second kappa shape index (κ2) is 4.62. The minimum absolute atomic E-state index is 0.134. The van der Waals surface area contributed by atoms with Gasteiger partial charge >= 0.3 is 0 Å². The minimum atomic E-state index is -0.134. The van der Waals surface area contributed by atoms with Crippen LogP contribution < -0.4 is 0 Å². The van der Waals surface area contributed by atoms with Crippen molar-refractivity contribution in [2.45, 2.75) is 9.96 Å². The highest BCUT2D eigenvalue weighted by Crippen LogP contribution is 2.28. The van der Waals surface area contributed by atoms with Crippen LogP contribution in [0.1, 0.15) is 5.56 Å². The van der Waals surface area contributed by atoms with Crippen LogP contribution in [0.3, 0.4) is 0 Å². The molecule has 0 aliphatic rings. The van der Waals surface area contributed by atoms with Gasteiger partial charge in [-0.1, -0.05) is 30.3 Å². The average molecular weight is 224 g/mol. The Balaban J connectivity index is 1.95. The molecule has 0 bridgehead atoms. The standard InChI is InChI=1S/C11H9FS2/c12-10-6-11(14-8-10)13-7-9-4-2-1-3-5-9/h1-6,8H,7H2. The van der Waals surface area contributed by atoms with Gasteiger partial charge in [0.15, 0.2) is 0 Å². The zero-order valence-electron chi connectivity index (χ0n) is 7.44. The van der Waals surface area contributed by atoms with Crippen molar-refractivity contribution in [3.8, 4) is 0 Å². The quantitative estimate of drug-likeness (QED) is 0.705. The van der Waals surface area contributed by atoms with Crippen LogP contribution >= 0.6 is 23.1 Å². The van der Waals surface area contributed by atoms with Gasteiger partial charge < -0.3 is 0 Å². The lowest BCUT2D eigenvalue weighted by Crippen LogP contribution is -1.76. The fourth-order valence-electron chi connectivity index (χ4n) is 1.10. The molecule has 0 fully saturated rings. The summed E-state index contributed by atoms with van der Waals surface area (Å²) in [5.74, 6) is 0.770. The lowest BCUT2D eigenvalue weighted by atomic mass is 10.2. The number of rotatable bonds is 3. The van der Waals surface area contributed by atoms with Crippen molar-refractivity contribution in [3.05, 3.63) is 53.2 Å². The molecule has 0 aliphatic heterocycles. The summed E-state index contributed by atoms with van der Waals surface area (Å²) in [7, 11) is 0. The molecule has 2 rings (SSSR count). The largest absolute Gasteiger partial charge is 0.206 e. The van der Waals surface area contributed by atoms with Crippen LogP contribution in [0.15, 0.2) is 46.0 Å². The van der Waals surface area contributed by atoms with E-state index in [0.717, 1.165) is 9.96 Å². The topological polar surface area (TPSA) is 0 Å². The summed E-state index contributed by atoms with van der Waals surface area (Å²) in [6.45, 7) is 0. The number of hydrogen-bond acceptors (Lipinski definition) is 2. The summed E-state index contributed by atoms with van der Waals surface area (Å²) < 4.78 is 13.7. The summed E-state index contributed by atoms with van der Waals surface area (Å²) in [6, 6.07) is 11.8. The molecule has 0 spiro atoms. The molecule has 0 unspecified atom stereocenters. The predicted molar refractivity (Wildman–Crippen MR) is 60.3 cm³/mol. The molecule has 0 nitrogen and oxygen atoms in total. The molecule has 1 heterocycles. The maximum Gasteiger partial charge on any atom is 0.135 e. The van der Waals surface area contributed by atoms with Crippen molar-refractivity contribution < 1.29 is 4.39 Å². The van der Waals surface area contributed by atoms with Gasteiger partial charge in [0.2, 0.25) is 0 Å². The third-order valence-electron chi connectivity index (χ3n) is 1.77. The van der Waals surface area contributed by atoms with Crippen LogP contribution in [0.2, 0.25) is 0 Å². The van der Waals surface area contributed by atoms with Gasteiger partial charge in [-0.15, -0.1) is 23.1 Å². The summed E-state index contributed by atoms with van der Waals surface area (Å²) in [6.07, 6.45) is 0. The van der Waals surface area contributed by atoms with Gasteiger partial charge in [0.05, 0.1) is 4.21 Å². The molecule has 3 heteroatoms. The molecule has 1 aromatic carbocycles. The molecule has 1 aromatic heterocycles. The Kier molecular flexibility index (Phi) is 3.22. The fourth-order valence-corrected chi connectivity index (χ4v) is 2.87. The highest BCUT2D eigenvalue weighted by molar-refractivity contribution is 8.00. The average Bonchev–Trinajstić information content (AvgIpc) is 2.63. The van der Waals surface area contributed by atoms with Gasteiger partial charge in [-0.3, -0.25) is 0 Å². The zero-order valence-corrected chi connectivity index (χ0v) is 9.08. The first-order valence-corrected chi connectivity index (χ1v) is 6.12. The Bertz CT molecular complexity index is 395. The molecular weight excluding hydrogens is 215 g/mol. The predicted octanol–water partition coefficient (Wildman–Crippen LogP) is 4.18. The van der Waals surface area contributed by atoms with Gasteiger partial charge in [-0.05, 0) is 11.6 Å². The molecular formula is C11H9FS2. The maximum absolute atomic E-state index is 12.7. The van der Waals surface area contributed by atoms with E-state index in [2.05, 4.69) is 12.1 Å². The van der Waals surface area contributed by atoms with E-state index in [9.17, 15) is 4.39 Å². The molecule has 0 saturated heterocycles. The van der Waals surface area contributed by atoms with E-state index in [0.29, 0.717) is 0 Å². The van der Waals surface area contributed by atoms with Crippen LogP contribution in [-0.4, -0.2) is 0 Å². The molecule has 0 saturated carbocycles. The van der Waals surface area contributed by atoms with Crippen LogP contribution in [0, 0.1) is 5.82 Å². The summed E-state index contributed by atoms with van der Waals surface area (Å²) >= 11 is 3.13. The normalized spacial score (nSPS) is 10.4. The van der Waals surface area contributed by atoms with Crippen molar-refractivity contribution in [1.29, 1.82) is 0 Å². The molecule has 2 aromatic rings. The van der Waals surface area contributed by atoms with Gasteiger partial charge in [0, 0.05) is 11.1 Å². The van der Waals surface area contributed by atoms with Crippen molar-refractivity contribution in [3.63, 3.8) is 0 Å². The third kappa shape index (κ3) is 2.59. The molecule has 14 heavy (non-hydrogen) atoms. The van der Waals surface area contributed by atoms with Crippen LogP contribution in [0.25, 0.3) is 0 Å². The molecule has 0 atom stereocenters. The van der Waals surface area contributed by atoms with Crippen LogP contribution in [-0.2, 0) is 5.75 Å². The van der Waals surface area contributed by atoms with E-state index in [1.54, 1.807) is 17.8 Å². The van der Waals surface area contributed by atoms with Crippen molar-refractivity contribution in [2.75, 3.05) is 0 Å². The number of hydrogen-bond donors (Lipinski definition) is 0. The third-order valence-corrected chi connectivity index (χ3v) is 3.98. The van der Waals surface area contributed by atoms with E-state index >= 15 is 0 Å². The zero-order chi connectivity index (χ0) is 9.80. The first kappa shape index (κ1) is 9.74. The smallest absolute Gasteiger partial charge is 0.135 e. The second-order valence-corrected chi connectivity index (χ2v) is 5.05. The highest BCUT2D eigenvalue weighted by Gasteiger charge is 1.99. The Labute approximate surface area is 90.8 Å².